The van der Waals surface area contributed by atoms with Gasteiger partial charge in [0.25, 0.3) is 11.8 Å². The number of amides is 2. The van der Waals surface area contributed by atoms with Crippen molar-refractivity contribution >= 4 is 17.6 Å². The van der Waals surface area contributed by atoms with Crippen LogP contribution in [0.5, 0.6) is 5.75 Å². The number of rotatable bonds is 3. The molecule has 0 aliphatic carbocycles. The van der Waals surface area contributed by atoms with Gasteiger partial charge in [0, 0.05) is 37.3 Å². The molecule has 1 aromatic heterocycles. The molecule has 10 heteroatoms. The van der Waals surface area contributed by atoms with Crippen molar-refractivity contribution < 1.29 is 28.3 Å². The van der Waals surface area contributed by atoms with Crippen LogP contribution >= 0.6 is 0 Å². The van der Waals surface area contributed by atoms with Gasteiger partial charge in [-0.05, 0) is 12.0 Å². The Hall–Kier alpha value is -3.56. The average molecular weight is 431 g/mol. The van der Waals surface area contributed by atoms with Crippen LogP contribution in [-0.4, -0.2) is 44.8 Å². The molecule has 0 radical (unpaired) electrons. The van der Waals surface area contributed by atoms with Gasteiger partial charge >= 0.3 is 0 Å². The topological polar surface area (TPSA) is 109 Å². The predicted octanol–water partition coefficient (Wildman–Crippen LogP) is 1.20. The molecule has 3 heterocycles. The van der Waals surface area contributed by atoms with E-state index < -0.39 is 46.2 Å². The van der Waals surface area contributed by atoms with Crippen LogP contribution in [0.1, 0.15) is 39.8 Å². The van der Waals surface area contributed by atoms with Crippen molar-refractivity contribution in [1.29, 1.82) is 0 Å². The molecule has 8 nitrogen and oxygen atoms in total. The van der Waals surface area contributed by atoms with Crippen molar-refractivity contribution in [2.24, 2.45) is 5.92 Å². The quantitative estimate of drug-likeness (QED) is 0.759. The monoisotopic (exact) mass is 431 g/mol. The molecule has 2 aliphatic rings. The molecule has 0 unspecified atom stereocenters. The molecule has 0 bridgehead atoms. The van der Waals surface area contributed by atoms with Crippen LogP contribution < -0.4 is 10.7 Å². The Morgan fingerprint density at radius 2 is 1.97 bits per heavy atom. The minimum atomic E-state index is -1.05. The van der Waals surface area contributed by atoms with E-state index in [4.69, 9.17) is 0 Å². The standard InChI is InChI=1S/C21H19F2N3O5/c1-10-4-16(27)15-9-25-8-13(18(28)19(29)17(25)21(31)26(15)7-10)20(30)24-6-11-2-3-12(22)5-14(11)23/h2-3,5,8,10,15,29H,4,6-7,9H2,1H3,(H,24,30)/t10-,15-/m1/s1. The normalized spacial score (nSPS) is 20.3. The third-order valence-corrected chi connectivity index (χ3v) is 5.59. The van der Waals surface area contributed by atoms with Gasteiger partial charge in [0.1, 0.15) is 23.2 Å². The highest BCUT2D eigenvalue weighted by Gasteiger charge is 2.42. The van der Waals surface area contributed by atoms with Gasteiger partial charge in [-0.15, -0.1) is 0 Å². The minimum absolute atomic E-state index is 0.00442. The first kappa shape index (κ1) is 20.7. The highest BCUT2D eigenvalue weighted by molar-refractivity contribution is 6.02. The number of carbonyl (C=O) groups excluding carboxylic acids is 3. The van der Waals surface area contributed by atoms with Crippen LogP contribution in [0.3, 0.4) is 0 Å². The summed E-state index contributed by atoms with van der Waals surface area (Å²) in [6.45, 7) is 1.85. The van der Waals surface area contributed by atoms with Gasteiger partial charge in [-0.25, -0.2) is 8.78 Å². The van der Waals surface area contributed by atoms with E-state index in [0.717, 1.165) is 18.3 Å². The molecule has 1 aromatic carbocycles. The number of fused-ring (bicyclic) bond motifs is 2. The number of halogens is 2. The highest BCUT2D eigenvalue weighted by atomic mass is 19.1. The van der Waals surface area contributed by atoms with Gasteiger partial charge in [-0.1, -0.05) is 13.0 Å². The fourth-order valence-corrected chi connectivity index (χ4v) is 4.04. The summed E-state index contributed by atoms with van der Waals surface area (Å²) in [6.07, 6.45) is 1.43. The number of carbonyl (C=O) groups is 3. The minimum Gasteiger partial charge on any atom is -0.503 e. The van der Waals surface area contributed by atoms with E-state index in [9.17, 15) is 33.1 Å². The molecular weight excluding hydrogens is 412 g/mol. The molecule has 0 spiro atoms. The summed E-state index contributed by atoms with van der Waals surface area (Å²) in [5.41, 5.74) is -1.78. The van der Waals surface area contributed by atoms with E-state index >= 15 is 0 Å². The fourth-order valence-electron chi connectivity index (χ4n) is 4.04. The molecular formula is C21H19F2N3O5. The second-order valence-corrected chi connectivity index (χ2v) is 7.89. The number of nitrogens with zero attached hydrogens (tertiary/aromatic N) is 2. The molecule has 2 atom stereocenters. The Morgan fingerprint density at radius 3 is 2.68 bits per heavy atom. The first-order chi connectivity index (χ1) is 14.7. The molecule has 2 aliphatic heterocycles. The number of hydrogen-bond acceptors (Lipinski definition) is 5. The summed E-state index contributed by atoms with van der Waals surface area (Å²) in [5.74, 6) is -4.23. The maximum atomic E-state index is 13.8. The Bertz CT molecular complexity index is 1180. The predicted molar refractivity (Wildman–Crippen MR) is 104 cm³/mol. The lowest BCUT2D eigenvalue weighted by molar-refractivity contribution is -0.128. The molecule has 1 saturated heterocycles. The highest BCUT2D eigenvalue weighted by Crippen LogP contribution is 2.29. The zero-order valence-electron chi connectivity index (χ0n) is 16.5. The maximum Gasteiger partial charge on any atom is 0.275 e. The number of ketones is 1. The van der Waals surface area contributed by atoms with Gasteiger partial charge in [0.15, 0.2) is 17.2 Å². The van der Waals surface area contributed by atoms with E-state index in [1.807, 2.05) is 6.92 Å². The summed E-state index contributed by atoms with van der Waals surface area (Å²) >= 11 is 0. The SMILES string of the molecule is C[C@@H]1CC(=O)[C@H]2Cn3cc(C(=O)NCc4ccc(F)cc4F)c(=O)c(O)c3C(=O)N2C1. The van der Waals surface area contributed by atoms with Crippen molar-refractivity contribution in [2.45, 2.75) is 32.5 Å². The number of aromatic hydroxyl groups is 1. The Morgan fingerprint density at radius 1 is 1.23 bits per heavy atom. The van der Waals surface area contributed by atoms with E-state index in [2.05, 4.69) is 5.32 Å². The molecule has 1 fully saturated rings. The average Bonchev–Trinajstić information content (AvgIpc) is 2.70. The lowest BCUT2D eigenvalue weighted by Gasteiger charge is -2.41. The van der Waals surface area contributed by atoms with Crippen LogP contribution in [0.4, 0.5) is 8.78 Å². The Kier molecular flexibility index (Phi) is 5.08. The third kappa shape index (κ3) is 3.58. The smallest absolute Gasteiger partial charge is 0.275 e. The lowest BCUT2D eigenvalue weighted by Crippen LogP contribution is -2.57. The lowest BCUT2D eigenvalue weighted by atomic mass is 9.90. The van der Waals surface area contributed by atoms with Crippen LogP contribution in [0.2, 0.25) is 0 Å². The number of hydrogen-bond donors (Lipinski definition) is 2. The van der Waals surface area contributed by atoms with E-state index in [0.29, 0.717) is 19.0 Å². The largest absolute Gasteiger partial charge is 0.503 e. The zero-order valence-corrected chi connectivity index (χ0v) is 16.5. The fraction of sp³-hybridized carbons (Fsp3) is 0.333. The molecule has 31 heavy (non-hydrogen) atoms. The van der Waals surface area contributed by atoms with Crippen LogP contribution in [0.25, 0.3) is 0 Å². The van der Waals surface area contributed by atoms with E-state index in [1.165, 1.54) is 9.47 Å². The second-order valence-electron chi connectivity index (χ2n) is 7.89. The van der Waals surface area contributed by atoms with Gasteiger partial charge in [0.05, 0.1) is 6.54 Å². The number of Topliss-reactive ketones (excluding diaryl/α,β-unsaturated/α-hetero) is 1. The van der Waals surface area contributed by atoms with E-state index in [-0.39, 0.29) is 36.0 Å². The first-order valence-corrected chi connectivity index (χ1v) is 9.69. The van der Waals surface area contributed by atoms with Crippen molar-refractivity contribution in [3.8, 4) is 5.75 Å². The van der Waals surface area contributed by atoms with Crippen molar-refractivity contribution in [2.75, 3.05) is 6.54 Å². The summed E-state index contributed by atoms with van der Waals surface area (Å²) in [7, 11) is 0. The van der Waals surface area contributed by atoms with Gasteiger partial charge in [-0.2, -0.15) is 0 Å². The van der Waals surface area contributed by atoms with Crippen molar-refractivity contribution in [3.05, 3.63) is 63.1 Å². The number of benzene rings is 1. The second kappa shape index (κ2) is 7.60. The van der Waals surface area contributed by atoms with Crippen LogP contribution in [-0.2, 0) is 17.9 Å². The molecule has 162 valence electrons. The Labute approximate surface area is 175 Å². The Balaban J connectivity index is 1.64. The van der Waals surface area contributed by atoms with Crippen LogP contribution in [0.15, 0.2) is 29.2 Å². The molecule has 2 amide bonds. The van der Waals surface area contributed by atoms with Gasteiger partial charge in [-0.3, -0.25) is 19.2 Å². The maximum absolute atomic E-state index is 13.8. The first-order valence-electron chi connectivity index (χ1n) is 9.69. The van der Waals surface area contributed by atoms with Crippen LogP contribution in [0, 0.1) is 17.6 Å². The zero-order chi connectivity index (χ0) is 22.4. The van der Waals surface area contributed by atoms with E-state index in [1.54, 1.807) is 0 Å². The molecule has 2 N–H and O–H groups in total. The van der Waals surface area contributed by atoms with Crippen molar-refractivity contribution in [1.82, 2.24) is 14.8 Å². The summed E-state index contributed by atoms with van der Waals surface area (Å²) in [6, 6.07) is 2.12. The molecule has 4 rings (SSSR count). The summed E-state index contributed by atoms with van der Waals surface area (Å²) < 4.78 is 28.0. The number of pyridine rings is 1. The number of piperidine rings is 1. The van der Waals surface area contributed by atoms with Crippen molar-refractivity contribution in [3.63, 3.8) is 0 Å². The molecule has 2 aromatic rings. The molecule has 0 saturated carbocycles. The number of aromatic nitrogens is 1. The van der Waals surface area contributed by atoms with Gasteiger partial charge in [0.2, 0.25) is 5.43 Å². The number of nitrogens with one attached hydrogen (secondary N) is 1. The summed E-state index contributed by atoms with van der Waals surface area (Å²) in [5, 5.41) is 12.7. The summed E-state index contributed by atoms with van der Waals surface area (Å²) in [4.78, 5) is 51.7. The third-order valence-electron chi connectivity index (χ3n) is 5.59. The van der Waals surface area contributed by atoms with Gasteiger partial charge < -0.3 is 19.9 Å².